The number of carbonyl (C=O) groups excluding carboxylic acids is 1. The van der Waals surface area contributed by atoms with Gasteiger partial charge < -0.3 is 9.42 Å². The molecule has 1 saturated heterocycles. The smallest absolute Gasteiger partial charge is 0.231 e. The molecule has 1 aliphatic heterocycles. The summed E-state index contributed by atoms with van der Waals surface area (Å²) < 4.78 is 7.16. The molecule has 0 radical (unpaired) electrons. The lowest BCUT2D eigenvalue weighted by Gasteiger charge is -2.31. The van der Waals surface area contributed by atoms with Crippen molar-refractivity contribution in [1.29, 1.82) is 0 Å². The van der Waals surface area contributed by atoms with Gasteiger partial charge in [-0.15, -0.1) is 0 Å². The first kappa shape index (κ1) is 16.7. The number of likely N-dealkylation sites (tertiary alicyclic amines) is 1. The van der Waals surface area contributed by atoms with Crippen molar-refractivity contribution in [2.45, 2.75) is 52.4 Å². The number of aryl methyl sites for hydroxylation is 3. The van der Waals surface area contributed by atoms with Crippen LogP contribution >= 0.6 is 0 Å². The van der Waals surface area contributed by atoms with E-state index in [0.717, 1.165) is 37.2 Å². The van der Waals surface area contributed by atoms with Crippen LogP contribution in [0.3, 0.4) is 0 Å². The fourth-order valence-electron chi connectivity index (χ4n) is 3.45. The first-order valence-corrected chi connectivity index (χ1v) is 8.52. The molecule has 3 heterocycles. The Balaban J connectivity index is 1.60. The molecule has 1 aliphatic rings. The van der Waals surface area contributed by atoms with E-state index in [2.05, 4.69) is 22.2 Å². The van der Waals surface area contributed by atoms with Gasteiger partial charge in [0.25, 0.3) is 0 Å². The summed E-state index contributed by atoms with van der Waals surface area (Å²) in [5, 5.41) is 8.28. The molecule has 0 bridgehead atoms. The maximum absolute atomic E-state index is 12.6. The van der Waals surface area contributed by atoms with Crippen LogP contribution in [0.1, 0.15) is 53.8 Å². The first-order chi connectivity index (χ1) is 11.5. The van der Waals surface area contributed by atoms with Crippen LogP contribution in [-0.4, -0.2) is 43.8 Å². The zero-order valence-corrected chi connectivity index (χ0v) is 14.9. The Morgan fingerprint density at radius 2 is 2.12 bits per heavy atom. The Bertz CT molecular complexity index is 733. The van der Waals surface area contributed by atoms with E-state index in [1.54, 1.807) is 0 Å². The molecule has 0 saturated carbocycles. The van der Waals surface area contributed by atoms with Crippen LogP contribution in [0.5, 0.6) is 0 Å². The molecule has 0 N–H and O–H groups in total. The number of hydrogen-bond donors (Lipinski definition) is 0. The van der Waals surface area contributed by atoms with Crippen LogP contribution in [0.4, 0.5) is 0 Å². The summed E-state index contributed by atoms with van der Waals surface area (Å²) >= 11 is 0. The molecule has 130 valence electrons. The predicted molar refractivity (Wildman–Crippen MR) is 88.6 cm³/mol. The van der Waals surface area contributed by atoms with Gasteiger partial charge in [0.2, 0.25) is 11.8 Å². The van der Waals surface area contributed by atoms with Gasteiger partial charge in [-0.25, -0.2) is 0 Å². The lowest BCUT2D eigenvalue weighted by Crippen LogP contribution is -2.39. The fourth-order valence-corrected chi connectivity index (χ4v) is 3.45. The van der Waals surface area contributed by atoms with Gasteiger partial charge in [-0.2, -0.15) is 10.1 Å². The quantitative estimate of drug-likeness (QED) is 0.857. The van der Waals surface area contributed by atoms with Crippen LogP contribution in [0.2, 0.25) is 0 Å². The third-order valence-corrected chi connectivity index (χ3v) is 4.91. The van der Waals surface area contributed by atoms with Crippen molar-refractivity contribution in [2.24, 2.45) is 7.05 Å². The van der Waals surface area contributed by atoms with E-state index in [-0.39, 0.29) is 11.8 Å². The molecule has 0 aromatic carbocycles. The molecule has 3 rings (SSSR count). The van der Waals surface area contributed by atoms with Gasteiger partial charge in [0.05, 0.1) is 11.6 Å². The maximum Gasteiger partial charge on any atom is 0.231 e. The number of hydrogen-bond acceptors (Lipinski definition) is 5. The molecule has 24 heavy (non-hydrogen) atoms. The predicted octanol–water partition coefficient (Wildman–Crippen LogP) is 2.07. The van der Waals surface area contributed by atoms with Gasteiger partial charge in [-0.1, -0.05) is 5.16 Å². The second-order valence-electron chi connectivity index (χ2n) is 6.63. The van der Waals surface area contributed by atoms with Crippen molar-refractivity contribution in [3.8, 4) is 0 Å². The Kier molecular flexibility index (Phi) is 4.69. The average Bonchev–Trinajstić information content (AvgIpc) is 3.10. The zero-order valence-electron chi connectivity index (χ0n) is 14.9. The van der Waals surface area contributed by atoms with Crippen LogP contribution in [0.25, 0.3) is 0 Å². The SMILES string of the molecule is Cc1noc([C@@H]2CCCN(C(=O)CCc3c(C)nn(C)c3C)C2)n1. The van der Waals surface area contributed by atoms with Gasteiger partial charge in [-0.3, -0.25) is 9.48 Å². The topological polar surface area (TPSA) is 77.0 Å². The van der Waals surface area contributed by atoms with E-state index in [0.29, 0.717) is 24.7 Å². The minimum atomic E-state index is 0.158. The number of nitrogens with zero attached hydrogens (tertiary/aromatic N) is 5. The summed E-state index contributed by atoms with van der Waals surface area (Å²) in [6.45, 7) is 7.35. The molecule has 7 heteroatoms. The monoisotopic (exact) mass is 331 g/mol. The largest absolute Gasteiger partial charge is 0.342 e. The summed E-state index contributed by atoms with van der Waals surface area (Å²) in [6.07, 6.45) is 3.23. The van der Waals surface area contributed by atoms with Crippen molar-refractivity contribution in [3.05, 3.63) is 28.7 Å². The van der Waals surface area contributed by atoms with Crippen molar-refractivity contribution >= 4 is 5.91 Å². The fraction of sp³-hybridized carbons (Fsp3) is 0.647. The lowest BCUT2D eigenvalue weighted by atomic mass is 9.97. The van der Waals surface area contributed by atoms with Crippen LogP contribution in [-0.2, 0) is 18.3 Å². The number of aromatic nitrogens is 4. The second-order valence-corrected chi connectivity index (χ2v) is 6.63. The number of rotatable bonds is 4. The highest BCUT2D eigenvalue weighted by molar-refractivity contribution is 5.76. The second kappa shape index (κ2) is 6.75. The van der Waals surface area contributed by atoms with E-state index in [1.807, 2.05) is 30.5 Å². The van der Waals surface area contributed by atoms with Crippen molar-refractivity contribution < 1.29 is 9.32 Å². The molecular formula is C17H25N5O2. The van der Waals surface area contributed by atoms with Crippen molar-refractivity contribution in [3.63, 3.8) is 0 Å². The van der Waals surface area contributed by atoms with E-state index in [4.69, 9.17) is 4.52 Å². The minimum Gasteiger partial charge on any atom is -0.342 e. The Hall–Kier alpha value is -2.18. The van der Waals surface area contributed by atoms with Gasteiger partial charge in [0, 0.05) is 32.3 Å². The summed E-state index contributed by atoms with van der Waals surface area (Å²) in [7, 11) is 1.94. The standard InChI is InChI=1S/C17H25N5O2/c1-11-15(12(2)21(4)19-11)7-8-16(23)22-9-5-6-14(10-22)17-18-13(3)20-24-17/h14H,5-10H2,1-4H3/t14-/m1/s1. The van der Waals surface area contributed by atoms with Crippen LogP contribution in [0.15, 0.2) is 4.52 Å². The van der Waals surface area contributed by atoms with E-state index in [1.165, 1.54) is 5.56 Å². The summed E-state index contributed by atoms with van der Waals surface area (Å²) in [4.78, 5) is 18.9. The molecule has 1 atom stereocenters. The van der Waals surface area contributed by atoms with E-state index in [9.17, 15) is 4.79 Å². The summed E-state index contributed by atoms with van der Waals surface area (Å²) in [6, 6.07) is 0. The molecular weight excluding hydrogens is 306 g/mol. The number of amides is 1. The third-order valence-electron chi connectivity index (χ3n) is 4.91. The number of piperidine rings is 1. The zero-order chi connectivity index (χ0) is 17.3. The molecule has 7 nitrogen and oxygen atoms in total. The van der Waals surface area contributed by atoms with E-state index < -0.39 is 0 Å². The molecule has 0 unspecified atom stereocenters. The maximum atomic E-state index is 12.6. The minimum absolute atomic E-state index is 0.158. The van der Waals surface area contributed by atoms with E-state index >= 15 is 0 Å². The average molecular weight is 331 g/mol. The van der Waals surface area contributed by atoms with Gasteiger partial charge >= 0.3 is 0 Å². The number of carbonyl (C=O) groups is 1. The lowest BCUT2D eigenvalue weighted by molar-refractivity contribution is -0.132. The van der Waals surface area contributed by atoms with Gasteiger partial charge in [0.15, 0.2) is 5.82 Å². The molecule has 0 spiro atoms. The Labute approximate surface area is 142 Å². The molecule has 2 aromatic rings. The molecule has 1 fully saturated rings. The Morgan fingerprint density at radius 3 is 2.75 bits per heavy atom. The van der Waals surface area contributed by atoms with Crippen LogP contribution < -0.4 is 0 Å². The molecule has 2 aromatic heterocycles. The third kappa shape index (κ3) is 3.34. The first-order valence-electron chi connectivity index (χ1n) is 8.52. The summed E-state index contributed by atoms with van der Waals surface area (Å²) in [5.41, 5.74) is 3.34. The highest BCUT2D eigenvalue weighted by Gasteiger charge is 2.28. The van der Waals surface area contributed by atoms with Crippen LogP contribution in [0, 0.1) is 20.8 Å². The van der Waals surface area contributed by atoms with Gasteiger partial charge in [-0.05, 0) is 45.6 Å². The summed E-state index contributed by atoms with van der Waals surface area (Å²) in [5.74, 6) is 1.66. The Morgan fingerprint density at radius 1 is 1.33 bits per heavy atom. The van der Waals surface area contributed by atoms with Crippen molar-refractivity contribution in [1.82, 2.24) is 24.8 Å². The van der Waals surface area contributed by atoms with Gasteiger partial charge in [0.1, 0.15) is 0 Å². The van der Waals surface area contributed by atoms with Crippen molar-refractivity contribution in [2.75, 3.05) is 13.1 Å². The normalized spacial score (nSPS) is 18.2. The highest BCUT2D eigenvalue weighted by Crippen LogP contribution is 2.26. The molecule has 0 aliphatic carbocycles. The highest BCUT2D eigenvalue weighted by atomic mass is 16.5. The molecule has 1 amide bonds.